The van der Waals surface area contributed by atoms with E-state index in [2.05, 4.69) is 4.98 Å². The Morgan fingerprint density at radius 1 is 1.12 bits per heavy atom. The van der Waals surface area contributed by atoms with Crippen LogP contribution in [0.1, 0.15) is 11.5 Å². The van der Waals surface area contributed by atoms with Crippen molar-refractivity contribution in [1.82, 2.24) is 4.98 Å². The molecule has 2 heterocycles. The van der Waals surface area contributed by atoms with E-state index < -0.39 is 0 Å². The largest absolute Gasteiger partial charge is 0.461 e. The Morgan fingerprint density at radius 3 is 2.75 bits per heavy atom. The van der Waals surface area contributed by atoms with Crippen molar-refractivity contribution in [2.24, 2.45) is 0 Å². The molecule has 0 radical (unpaired) electrons. The molecule has 0 saturated carbocycles. The quantitative estimate of drug-likeness (QED) is 0.578. The van der Waals surface area contributed by atoms with Crippen molar-refractivity contribution in [2.45, 2.75) is 13.8 Å². The van der Waals surface area contributed by atoms with Crippen LogP contribution < -0.4 is 0 Å². The molecule has 0 aliphatic rings. The van der Waals surface area contributed by atoms with Gasteiger partial charge in [-0.25, -0.2) is 0 Å². The zero-order chi connectivity index (χ0) is 11.3. The van der Waals surface area contributed by atoms with Gasteiger partial charge in [0.15, 0.2) is 0 Å². The summed E-state index contributed by atoms with van der Waals surface area (Å²) in [6.45, 7) is 3.93. The Kier molecular flexibility index (Phi) is 1.95. The number of aromatic nitrogens is 1. The predicted molar refractivity (Wildman–Crippen MR) is 66.0 cm³/mol. The van der Waals surface area contributed by atoms with E-state index in [0.717, 1.165) is 33.3 Å². The summed E-state index contributed by atoms with van der Waals surface area (Å²) in [6, 6.07) is 7.67. The Labute approximate surface area is 97.8 Å². The molecule has 0 unspecified atom stereocenters. The number of halogens is 1. The fraction of sp³-hybridized carbons (Fsp3) is 0.154. The topological polar surface area (TPSA) is 26.0 Å². The maximum absolute atomic E-state index is 6.00. The van der Waals surface area contributed by atoms with Gasteiger partial charge in [0.05, 0.1) is 5.52 Å². The first-order valence-corrected chi connectivity index (χ1v) is 5.49. The lowest BCUT2D eigenvalue weighted by Gasteiger charge is -2.01. The molecule has 3 aromatic rings. The molecule has 80 valence electrons. The lowest BCUT2D eigenvalue weighted by Crippen LogP contribution is -1.84. The van der Waals surface area contributed by atoms with Gasteiger partial charge in [0, 0.05) is 21.5 Å². The van der Waals surface area contributed by atoms with Gasteiger partial charge in [0.25, 0.3) is 0 Å². The Bertz CT molecular complexity index is 700. The van der Waals surface area contributed by atoms with Crippen molar-refractivity contribution >= 4 is 33.5 Å². The highest BCUT2D eigenvalue weighted by molar-refractivity contribution is 6.31. The minimum absolute atomic E-state index is 0.702. The van der Waals surface area contributed by atoms with Crippen LogP contribution in [0.4, 0.5) is 0 Å². The zero-order valence-corrected chi connectivity index (χ0v) is 9.80. The van der Waals surface area contributed by atoms with Crippen molar-refractivity contribution in [3.63, 3.8) is 0 Å². The van der Waals surface area contributed by atoms with Gasteiger partial charge < -0.3 is 4.42 Å². The Morgan fingerprint density at radius 2 is 1.94 bits per heavy atom. The molecule has 1 aromatic carbocycles. The van der Waals surface area contributed by atoms with Crippen molar-refractivity contribution in [3.8, 4) is 0 Å². The summed E-state index contributed by atoms with van der Waals surface area (Å²) in [6.07, 6.45) is 0. The third-order valence-corrected chi connectivity index (χ3v) is 2.97. The molecular weight excluding hydrogens is 222 g/mol. The second-order valence-electron chi connectivity index (χ2n) is 3.96. The number of benzene rings is 1. The van der Waals surface area contributed by atoms with Crippen LogP contribution in [-0.2, 0) is 0 Å². The summed E-state index contributed by atoms with van der Waals surface area (Å²) in [5, 5.41) is 2.74. The standard InChI is InChI=1S/C13H10ClNO/c1-7-5-10-8(2)15-12-4-3-9(14)6-11(12)13(10)16-7/h3-6H,1-2H3. The highest BCUT2D eigenvalue weighted by atomic mass is 35.5. The highest BCUT2D eigenvalue weighted by Crippen LogP contribution is 2.30. The first-order chi connectivity index (χ1) is 7.65. The molecule has 0 spiro atoms. The lowest BCUT2D eigenvalue weighted by atomic mass is 10.1. The van der Waals surface area contributed by atoms with E-state index in [4.69, 9.17) is 16.0 Å². The Balaban J connectivity index is 2.59. The molecule has 0 fully saturated rings. The van der Waals surface area contributed by atoms with Crippen LogP contribution in [0.3, 0.4) is 0 Å². The van der Waals surface area contributed by atoms with E-state index in [-0.39, 0.29) is 0 Å². The van der Waals surface area contributed by atoms with E-state index in [0.29, 0.717) is 5.02 Å². The van der Waals surface area contributed by atoms with Crippen molar-refractivity contribution in [1.29, 1.82) is 0 Å². The van der Waals surface area contributed by atoms with Gasteiger partial charge in [-0.05, 0) is 38.1 Å². The van der Waals surface area contributed by atoms with E-state index in [1.54, 1.807) is 0 Å². The average molecular weight is 232 g/mol. The second-order valence-corrected chi connectivity index (χ2v) is 4.39. The van der Waals surface area contributed by atoms with Crippen LogP contribution in [-0.4, -0.2) is 4.98 Å². The van der Waals surface area contributed by atoms with Crippen LogP contribution >= 0.6 is 11.6 Å². The summed E-state index contributed by atoms with van der Waals surface area (Å²) >= 11 is 6.00. The number of rotatable bonds is 0. The fourth-order valence-corrected chi connectivity index (χ4v) is 2.18. The predicted octanol–water partition coefficient (Wildman–Crippen LogP) is 4.25. The monoisotopic (exact) mass is 231 g/mol. The summed E-state index contributed by atoms with van der Waals surface area (Å²) in [5.41, 5.74) is 2.79. The smallest absolute Gasteiger partial charge is 0.145 e. The first-order valence-electron chi connectivity index (χ1n) is 5.11. The number of furan rings is 1. The molecule has 3 rings (SSSR count). The molecular formula is C13H10ClNO. The molecule has 2 aromatic heterocycles. The molecule has 0 aliphatic heterocycles. The van der Waals surface area contributed by atoms with Gasteiger partial charge in [-0.3, -0.25) is 4.98 Å². The molecule has 0 amide bonds. The third kappa shape index (κ3) is 1.30. The van der Waals surface area contributed by atoms with Gasteiger partial charge in [-0.15, -0.1) is 0 Å². The van der Waals surface area contributed by atoms with Crippen LogP contribution in [0.5, 0.6) is 0 Å². The minimum atomic E-state index is 0.702. The van der Waals surface area contributed by atoms with Crippen molar-refractivity contribution in [2.75, 3.05) is 0 Å². The van der Waals surface area contributed by atoms with E-state index in [1.165, 1.54) is 0 Å². The number of pyridine rings is 1. The summed E-state index contributed by atoms with van der Waals surface area (Å²) in [4.78, 5) is 4.54. The van der Waals surface area contributed by atoms with Gasteiger partial charge in [-0.1, -0.05) is 11.6 Å². The molecule has 0 N–H and O–H groups in total. The molecule has 16 heavy (non-hydrogen) atoms. The molecule has 0 bridgehead atoms. The van der Waals surface area contributed by atoms with Gasteiger partial charge in [0.2, 0.25) is 0 Å². The normalized spacial score (nSPS) is 11.4. The molecule has 2 nitrogen and oxygen atoms in total. The van der Waals surface area contributed by atoms with Gasteiger partial charge >= 0.3 is 0 Å². The van der Waals surface area contributed by atoms with Crippen molar-refractivity contribution in [3.05, 3.63) is 40.7 Å². The number of fused-ring (bicyclic) bond motifs is 3. The fourth-order valence-electron chi connectivity index (χ4n) is 2.01. The van der Waals surface area contributed by atoms with E-state index in [9.17, 15) is 0 Å². The third-order valence-electron chi connectivity index (χ3n) is 2.74. The van der Waals surface area contributed by atoms with Crippen LogP contribution in [0.15, 0.2) is 28.7 Å². The molecule has 0 saturated heterocycles. The average Bonchev–Trinajstić information content (AvgIpc) is 2.62. The van der Waals surface area contributed by atoms with Crippen molar-refractivity contribution < 1.29 is 4.42 Å². The number of hydrogen-bond donors (Lipinski definition) is 0. The first kappa shape index (κ1) is 9.67. The summed E-state index contributed by atoms with van der Waals surface area (Å²) in [5.74, 6) is 0.896. The second kappa shape index (κ2) is 3.22. The van der Waals surface area contributed by atoms with Gasteiger partial charge in [-0.2, -0.15) is 0 Å². The highest BCUT2D eigenvalue weighted by Gasteiger charge is 2.10. The summed E-state index contributed by atoms with van der Waals surface area (Å²) < 4.78 is 5.72. The minimum Gasteiger partial charge on any atom is -0.461 e. The van der Waals surface area contributed by atoms with E-state index >= 15 is 0 Å². The zero-order valence-electron chi connectivity index (χ0n) is 9.04. The summed E-state index contributed by atoms with van der Waals surface area (Å²) in [7, 11) is 0. The lowest BCUT2D eigenvalue weighted by molar-refractivity contribution is 0.581. The van der Waals surface area contributed by atoms with Crippen LogP contribution in [0.25, 0.3) is 21.9 Å². The maximum atomic E-state index is 6.00. The molecule has 0 atom stereocenters. The number of hydrogen-bond acceptors (Lipinski definition) is 2. The maximum Gasteiger partial charge on any atom is 0.145 e. The molecule has 0 aliphatic carbocycles. The molecule has 3 heteroatoms. The van der Waals surface area contributed by atoms with E-state index in [1.807, 2.05) is 38.1 Å². The van der Waals surface area contributed by atoms with Gasteiger partial charge in [0.1, 0.15) is 11.3 Å². The van der Waals surface area contributed by atoms with Crippen LogP contribution in [0.2, 0.25) is 5.02 Å². The SMILES string of the molecule is Cc1cc2c(C)nc3ccc(Cl)cc3c2o1. The Hall–Kier alpha value is -1.54. The number of aryl methyl sites for hydroxylation is 2. The number of nitrogens with zero attached hydrogens (tertiary/aromatic N) is 1. The van der Waals surface area contributed by atoms with Crippen LogP contribution in [0, 0.1) is 13.8 Å².